The SMILES string of the molecule is CC(C)(C)C(=O)OC(=O)c1cc(C2CC2)c(OCC23CC4CC(CC(C4)C2)C3)cc1F. The molecule has 0 radical (unpaired) electrons. The van der Waals surface area contributed by atoms with Gasteiger partial charge in [0, 0.05) is 11.5 Å². The molecule has 31 heavy (non-hydrogen) atoms. The van der Waals surface area contributed by atoms with E-state index in [0.29, 0.717) is 12.4 Å². The zero-order valence-corrected chi connectivity index (χ0v) is 18.8. The average molecular weight is 429 g/mol. The van der Waals surface area contributed by atoms with E-state index in [1.807, 2.05) is 0 Å². The Bertz CT molecular complexity index is 873. The molecule has 0 heterocycles. The molecular weight excluding hydrogens is 395 g/mol. The van der Waals surface area contributed by atoms with Gasteiger partial charge < -0.3 is 9.47 Å². The Hall–Kier alpha value is -1.91. The van der Waals surface area contributed by atoms with E-state index in [2.05, 4.69) is 0 Å². The standard InChI is InChI=1S/C26H33FO4/c1-25(2,3)24(29)31-23(28)20-9-19(18-4-5-18)22(10-21(20)27)30-14-26-11-15-6-16(12-26)8-17(7-15)13-26/h9-10,15-18H,4-8,11-14H2,1-3H3. The topological polar surface area (TPSA) is 52.6 Å². The average Bonchev–Trinajstić information content (AvgIpc) is 3.49. The molecule has 5 heteroatoms. The third-order valence-corrected chi connectivity index (χ3v) is 7.83. The molecular formula is C26H33FO4. The normalized spacial score (nSPS) is 31.5. The highest BCUT2D eigenvalue weighted by atomic mass is 19.1. The molecule has 5 aliphatic carbocycles. The van der Waals surface area contributed by atoms with Gasteiger partial charge in [-0.15, -0.1) is 0 Å². The third-order valence-electron chi connectivity index (χ3n) is 7.83. The van der Waals surface area contributed by atoms with Gasteiger partial charge in [0.15, 0.2) is 0 Å². The van der Waals surface area contributed by atoms with Crippen LogP contribution >= 0.6 is 0 Å². The molecule has 4 bridgehead atoms. The summed E-state index contributed by atoms with van der Waals surface area (Å²) in [7, 11) is 0. The number of rotatable bonds is 5. The minimum atomic E-state index is -0.924. The molecule has 0 aliphatic heterocycles. The Morgan fingerprint density at radius 1 is 1.03 bits per heavy atom. The highest BCUT2D eigenvalue weighted by Crippen LogP contribution is 2.60. The quantitative estimate of drug-likeness (QED) is 0.425. The number of benzene rings is 1. The van der Waals surface area contributed by atoms with Gasteiger partial charge in [0.1, 0.15) is 11.6 Å². The van der Waals surface area contributed by atoms with E-state index < -0.39 is 23.2 Å². The van der Waals surface area contributed by atoms with Crippen molar-refractivity contribution in [1.82, 2.24) is 0 Å². The molecule has 6 rings (SSSR count). The summed E-state index contributed by atoms with van der Waals surface area (Å²) in [5.74, 6) is 1.10. The number of halogens is 1. The van der Waals surface area contributed by atoms with E-state index in [-0.39, 0.29) is 16.9 Å². The summed E-state index contributed by atoms with van der Waals surface area (Å²) in [6.07, 6.45) is 9.87. The van der Waals surface area contributed by atoms with Gasteiger partial charge >= 0.3 is 11.9 Å². The predicted octanol–water partition coefficient (Wildman–Crippen LogP) is 6.03. The van der Waals surface area contributed by atoms with Crippen LogP contribution in [0.25, 0.3) is 0 Å². The van der Waals surface area contributed by atoms with Gasteiger partial charge in [-0.25, -0.2) is 9.18 Å². The maximum atomic E-state index is 14.9. The lowest BCUT2D eigenvalue weighted by molar-refractivity contribution is -0.146. The maximum absolute atomic E-state index is 14.9. The number of hydrogen-bond acceptors (Lipinski definition) is 4. The van der Waals surface area contributed by atoms with Crippen molar-refractivity contribution in [2.45, 2.75) is 78.1 Å². The van der Waals surface area contributed by atoms with Crippen LogP contribution in [-0.4, -0.2) is 18.5 Å². The van der Waals surface area contributed by atoms with Crippen LogP contribution in [0.4, 0.5) is 4.39 Å². The molecule has 5 aliphatic rings. The maximum Gasteiger partial charge on any atom is 0.348 e. The summed E-state index contributed by atoms with van der Waals surface area (Å²) in [5.41, 5.74) is 0.109. The first-order chi connectivity index (χ1) is 14.6. The molecule has 5 saturated carbocycles. The predicted molar refractivity (Wildman–Crippen MR) is 114 cm³/mol. The van der Waals surface area contributed by atoms with Crippen LogP contribution in [0.1, 0.15) is 94.0 Å². The van der Waals surface area contributed by atoms with E-state index in [1.54, 1.807) is 26.8 Å². The number of carbonyl (C=O) groups is 2. The fraction of sp³-hybridized carbons (Fsp3) is 0.692. The lowest BCUT2D eigenvalue weighted by atomic mass is 9.50. The van der Waals surface area contributed by atoms with Crippen molar-refractivity contribution >= 4 is 11.9 Å². The fourth-order valence-corrected chi connectivity index (χ4v) is 6.56. The second-order valence-corrected chi connectivity index (χ2v) is 11.8. The van der Waals surface area contributed by atoms with E-state index in [1.165, 1.54) is 44.6 Å². The molecule has 0 N–H and O–H groups in total. The summed E-state index contributed by atoms with van der Waals surface area (Å²) in [6, 6.07) is 2.90. The number of ether oxygens (including phenoxy) is 2. The Kier molecular flexibility index (Phi) is 4.95. The van der Waals surface area contributed by atoms with Gasteiger partial charge in [-0.3, -0.25) is 4.79 Å². The fourth-order valence-electron chi connectivity index (χ4n) is 6.56. The molecule has 0 amide bonds. The molecule has 4 nitrogen and oxygen atoms in total. The first-order valence-corrected chi connectivity index (χ1v) is 11.8. The first-order valence-electron chi connectivity index (χ1n) is 11.8. The van der Waals surface area contributed by atoms with Gasteiger partial charge in [-0.05, 0) is 107 Å². The smallest absolute Gasteiger partial charge is 0.348 e. The highest BCUT2D eigenvalue weighted by molar-refractivity contribution is 5.98. The Labute approximate surface area is 183 Å². The lowest BCUT2D eigenvalue weighted by Gasteiger charge is -2.56. The van der Waals surface area contributed by atoms with Crippen LogP contribution in [0, 0.1) is 34.4 Å². The monoisotopic (exact) mass is 428 g/mol. The number of esters is 2. The van der Waals surface area contributed by atoms with E-state index >= 15 is 0 Å². The lowest BCUT2D eigenvalue weighted by Crippen LogP contribution is -2.48. The van der Waals surface area contributed by atoms with Crippen LogP contribution in [0.5, 0.6) is 5.75 Å². The molecule has 0 spiro atoms. The molecule has 0 atom stereocenters. The summed E-state index contributed by atoms with van der Waals surface area (Å²) >= 11 is 0. The van der Waals surface area contributed by atoms with Crippen molar-refractivity contribution < 1.29 is 23.5 Å². The first kappa shape index (κ1) is 21.0. The second kappa shape index (κ2) is 7.31. The van der Waals surface area contributed by atoms with Crippen LogP contribution in [0.2, 0.25) is 0 Å². The summed E-state index contributed by atoms with van der Waals surface area (Å²) < 4.78 is 26.2. The summed E-state index contributed by atoms with van der Waals surface area (Å²) in [5, 5.41) is 0. The minimum Gasteiger partial charge on any atom is -0.493 e. The van der Waals surface area contributed by atoms with Crippen LogP contribution in [-0.2, 0) is 9.53 Å². The summed E-state index contributed by atoms with van der Waals surface area (Å²) in [6.45, 7) is 5.63. The molecule has 0 aromatic heterocycles. The van der Waals surface area contributed by atoms with Gasteiger partial charge in [0.2, 0.25) is 0 Å². The Morgan fingerprint density at radius 3 is 2.13 bits per heavy atom. The Balaban J connectivity index is 1.34. The van der Waals surface area contributed by atoms with Crippen molar-refractivity contribution in [3.05, 3.63) is 29.1 Å². The van der Waals surface area contributed by atoms with Gasteiger partial charge in [-0.2, -0.15) is 0 Å². The van der Waals surface area contributed by atoms with Crippen molar-refractivity contribution in [3.8, 4) is 5.75 Å². The zero-order chi connectivity index (χ0) is 22.0. The van der Waals surface area contributed by atoms with Gasteiger partial charge in [0.25, 0.3) is 0 Å². The van der Waals surface area contributed by atoms with Crippen molar-refractivity contribution in [1.29, 1.82) is 0 Å². The number of hydrogen-bond donors (Lipinski definition) is 0. The van der Waals surface area contributed by atoms with Crippen molar-refractivity contribution in [2.24, 2.45) is 28.6 Å². The van der Waals surface area contributed by atoms with Crippen molar-refractivity contribution in [2.75, 3.05) is 6.61 Å². The van der Waals surface area contributed by atoms with Crippen molar-refractivity contribution in [3.63, 3.8) is 0 Å². The molecule has 5 fully saturated rings. The van der Waals surface area contributed by atoms with Crippen LogP contribution in [0.15, 0.2) is 12.1 Å². The molecule has 1 aromatic carbocycles. The molecule has 0 unspecified atom stereocenters. The summed E-state index contributed by atoms with van der Waals surface area (Å²) in [4.78, 5) is 24.6. The van der Waals surface area contributed by atoms with E-state index in [9.17, 15) is 14.0 Å². The molecule has 1 aromatic rings. The third kappa shape index (κ3) is 4.12. The highest BCUT2D eigenvalue weighted by Gasteiger charge is 2.51. The van der Waals surface area contributed by atoms with E-state index in [0.717, 1.165) is 36.2 Å². The van der Waals surface area contributed by atoms with Gasteiger partial charge in [0.05, 0.1) is 17.6 Å². The van der Waals surface area contributed by atoms with E-state index in [4.69, 9.17) is 9.47 Å². The van der Waals surface area contributed by atoms with Crippen LogP contribution < -0.4 is 4.74 Å². The zero-order valence-electron chi connectivity index (χ0n) is 18.8. The molecule has 168 valence electrons. The van der Waals surface area contributed by atoms with Gasteiger partial charge in [-0.1, -0.05) is 0 Å². The Morgan fingerprint density at radius 2 is 1.61 bits per heavy atom. The second-order valence-electron chi connectivity index (χ2n) is 11.8. The minimum absolute atomic E-state index is 0.179. The molecule has 0 saturated heterocycles. The van der Waals surface area contributed by atoms with Crippen LogP contribution in [0.3, 0.4) is 0 Å². The number of carbonyl (C=O) groups excluding carboxylic acids is 2. The largest absolute Gasteiger partial charge is 0.493 e.